The first-order chi connectivity index (χ1) is 12.6. The van der Waals surface area contributed by atoms with E-state index in [1.807, 2.05) is 18.5 Å². The van der Waals surface area contributed by atoms with Gasteiger partial charge in [0.25, 0.3) is 5.89 Å². The molecule has 0 saturated carbocycles. The Kier molecular flexibility index (Phi) is 3.09. The van der Waals surface area contributed by atoms with Gasteiger partial charge in [0.15, 0.2) is 11.5 Å². The smallest absolute Gasteiger partial charge is 0.278 e. The van der Waals surface area contributed by atoms with E-state index in [4.69, 9.17) is 4.52 Å². The van der Waals surface area contributed by atoms with Gasteiger partial charge in [0.2, 0.25) is 0 Å². The van der Waals surface area contributed by atoms with E-state index in [9.17, 15) is 0 Å². The van der Waals surface area contributed by atoms with E-state index in [0.29, 0.717) is 23.8 Å². The Morgan fingerprint density at radius 3 is 2.88 bits per heavy atom. The standard InChI is InChI=1S/C18H17N7O/c1-10(2)17-21-18(26-22-17)16-15-7-12-8-20-23-25(12)14-6-11(3)4-5-13(14)24(15)9-19-16/h4-6,8-10H,7H2,1-3H3. The molecule has 4 aromatic rings. The van der Waals surface area contributed by atoms with Gasteiger partial charge in [0.05, 0.1) is 29.0 Å². The van der Waals surface area contributed by atoms with Gasteiger partial charge in [0.1, 0.15) is 6.33 Å². The normalized spacial score (nSPS) is 12.6. The van der Waals surface area contributed by atoms with Crippen LogP contribution >= 0.6 is 0 Å². The molecule has 0 unspecified atom stereocenters. The summed E-state index contributed by atoms with van der Waals surface area (Å²) in [6.07, 6.45) is 4.21. The third kappa shape index (κ3) is 2.11. The van der Waals surface area contributed by atoms with E-state index in [1.165, 1.54) is 0 Å². The highest BCUT2D eigenvalue weighted by Gasteiger charge is 2.26. The van der Waals surface area contributed by atoms with E-state index < -0.39 is 0 Å². The summed E-state index contributed by atoms with van der Waals surface area (Å²) >= 11 is 0. The third-order valence-corrected chi connectivity index (χ3v) is 4.61. The van der Waals surface area contributed by atoms with Crippen LogP contribution in [-0.4, -0.2) is 34.7 Å². The molecule has 0 N–H and O–H groups in total. The quantitative estimate of drug-likeness (QED) is 0.488. The lowest BCUT2D eigenvalue weighted by atomic mass is 10.2. The largest absolute Gasteiger partial charge is 0.332 e. The summed E-state index contributed by atoms with van der Waals surface area (Å²) in [6, 6.07) is 6.25. The van der Waals surface area contributed by atoms with Crippen LogP contribution in [0.5, 0.6) is 0 Å². The summed E-state index contributed by atoms with van der Waals surface area (Å²) in [6.45, 7) is 6.13. The monoisotopic (exact) mass is 347 g/mol. The lowest BCUT2D eigenvalue weighted by Gasteiger charge is -2.10. The Morgan fingerprint density at radius 1 is 1.19 bits per heavy atom. The second-order valence-electron chi connectivity index (χ2n) is 6.83. The molecule has 8 heteroatoms. The summed E-state index contributed by atoms with van der Waals surface area (Å²) in [4.78, 5) is 9.09. The Morgan fingerprint density at radius 2 is 2.08 bits per heavy atom. The molecule has 1 aliphatic rings. The molecule has 0 spiro atoms. The molecule has 0 amide bonds. The fourth-order valence-corrected chi connectivity index (χ4v) is 3.25. The van der Waals surface area contributed by atoms with Gasteiger partial charge in [-0.1, -0.05) is 30.3 Å². The van der Waals surface area contributed by atoms with Crippen molar-refractivity contribution in [1.29, 1.82) is 0 Å². The van der Waals surface area contributed by atoms with Crippen molar-refractivity contribution in [2.24, 2.45) is 0 Å². The van der Waals surface area contributed by atoms with E-state index in [0.717, 1.165) is 28.3 Å². The van der Waals surface area contributed by atoms with Crippen LogP contribution in [-0.2, 0) is 6.42 Å². The van der Waals surface area contributed by atoms with Gasteiger partial charge in [0, 0.05) is 12.3 Å². The zero-order chi connectivity index (χ0) is 17.8. The first kappa shape index (κ1) is 15.0. The van der Waals surface area contributed by atoms with Gasteiger partial charge in [-0.15, -0.1) is 5.10 Å². The molecule has 3 aromatic heterocycles. The predicted molar refractivity (Wildman–Crippen MR) is 93.4 cm³/mol. The number of fused-ring (bicyclic) bond motifs is 5. The van der Waals surface area contributed by atoms with E-state index >= 15 is 0 Å². The zero-order valence-corrected chi connectivity index (χ0v) is 14.7. The number of hydrogen-bond donors (Lipinski definition) is 0. The topological polar surface area (TPSA) is 87.4 Å². The summed E-state index contributed by atoms with van der Waals surface area (Å²) < 4.78 is 9.43. The Hall–Kier alpha value is -3.29. The maximum Gasteiger partial charge on any atom is 0.278 e. The molecular weight excluding hydrogens is 330 g/mol. The zero-order valence-electron chi connectivity index (χ0n) is 14.7. The molecule has 4 heterocycles. The fraction of sp³-hybridized carbons (Fsp3) is 0.278. The van der Waals surface area contributed by atoms with Crippen LogP contribution < -0.4 is 0 Å². The lowest BCUT2D eigenvalue weighted by molar-refractivity contribution is 0.418. The second kappa shape index (κ2) is 5.35. The Labute approximate surface area is 149 Å². The van der Waals surface area contributed by atoms with Crippen molar-refractivity contribution in [2.45, 2.75) is 33.1 Å². The molecule has 0 radical (unpaired) electrons. The molecule has 26 heavy (non-hydrogen) atoms. The van der Waals surface area contributed by atoms with Crippen LogP contribution in [0.4, 0.5) is 0 Å². The Balaban J connectivity index is 1.74. The lowest BCUT2D eigenvalue weighted by Crippen LogP contribution is -2.03. The van der Waals surface area contributed by atoms with Crippen LogP contribution in [0, 0.1) is 6.92 Å². The average Bonchev–Trinajstić information content (AvgIpc) is 3.33. The number of benzene rings is 1. The van der Waals surface area contributed by atoms with Crippen molar-refractivity contribution < 1.29 is 4.52 Å². The fourth-order valence-electron chi connectivity index (χ4n) is 3.25. The summed E-state index contributed by atoms with van der Waals surface area (Å²) in [5.41, 5.74) is 5.81. The first-order valence-electron chi connectivity index (χ1n) is 8.53. The summed E-state index contributed by atoms with van der Waals surface area (Å²) in [5.74, 6) is 1.32. The Bertz CT molecular complexity index is 1120. The average molecular weight is 347 g/mol. The molecule has 1 aliphatic heterocycles. The minimum Gasteiger partial charge on any atom is -0.332 e. The van der Waals surface area contributed by atoms with Gasteiger partial charge in [-0.3, -0.25) is 4.57 Å². The number of imidazole rings is 1. The molecule has 130 valence electrons. The van der Waals surface area contributed by atoms with Crippen molar-refractivity contribution in [2.75, 3.05) is 0 Å². The van der Waals surface area contributed by atoms with Crippen molar-refractivity contribution in [3.8, 4) is 23.0 Å². The van der Waals surface area contributed by atoms with Crippen molar-refractivity contribution in [3.63, 3.8) is 0 Å². The minimum absolute atomic E-state index is 0.197. The molecule has 5 rings (SSSR count). The number of aromatic nitrogens is 7. The van der Waals surface area contributed by atoms with Crippen molar-refractivity contribution in [3.05, 3.63) is 53.5 Å². The van der Waals surface area contributed by atoms with E-state index in [2.05, 4.69) is 55.1 Å². The predicted octanol–water partition coefficient (Wildman–Crippen LogP) is 2.84. The molecule has 0 bridgehead atoms. The van der Waals surface area contributed by atoms with Crippen LogP contribution in [0.2, 0.25) is 0 Å². The molecule has 0 aliphatic carbocycles. The van der Waals surface area contributed by atoms with E-state index in [-0.39, 0.29) is 5.92 Å². The number of aryl methyl sites for hydroxylation is 1. The molecule has 8 nitrogen and oxygen atoms in total. The first-order valence-corrected chi connectivity index (χ1v) is 8.53. The molecule has 1 aromatic carbocycles. The van der Waals surface area contributed by atoms with Crippen molar-refractivity contribution in [1.82, 2.24) is 34.7 Å². The maximum absolute atomic E-state index is 5.48. The van der Waals surface area contributed by atoms with Crippen LogP contribution in [0.15, 0.2) is 35.2 Å². The van der Waals surface area contributed by atoms with Crippen molar-refractivity contribution >= 4 is 0 Å². The van der Waals surface area contributed by atoms with Crippen LogP contribution in [0.1, 0.15) is 42.5 Å². The van der Waals surface area contributed by atoms with E-state index in [1.54, 1.807) is 12.5 Å². The molecule has 0 saturated heterocycles. The van der Waals surface area contributed by atoms with Crippen LogP contribution in [0.25, 0.3) is 23.0 Å². The summed E-state index contributed by atoms with van der Waals surface area (Å²) in [7, 11) is 0. The van der Waals surface area contributed by atoms with Gasteiger partial charge < -0.3 is 4.52 Å². The SMILES string of the molecule is Cc1ccc2c(c1)-n1nncc1Cc1c(-c3nc(C(C)C)no3)ncn1-2. The number of hydrogen-bond acceptors (Lipinski definition) is 6. The minimum atomic E-state index is 0.197. The third-order valence-electron chi connectivity index (χ3n) is 4.61. The highest BCUT2D eigenvalue weighted by atomic mass is 16.5. The van der Waals surface area contributed by atoms with Gasteiger partial charge in [-0.25, -0.2) is 9.67 Å². The number of rotatable bonds is 2. The van der Waals surface area contributed by atoms with Gasteiger partial charge in [-0.05, 0) is 24.6 Å². The van der Waals surface area contributed by atoms with Gasteiger partial charge in [-0.2, -0.15) is 4.98 Å². The second-order valence-corrected chi connectivity index (χ2v) is 6.83. The highest BCUT2D eigenvalue weighted by Crippen LogP contribution is 2.32. The maximum atomic E-state index is 5.48. The molecule has 0 fully saturated rings. The van der Waals surface area contributed by atoms with Crippen LogP contribution in [0.3, 0.4) is 0 Å². The number of nitrogens with zero attached hydrogens (tertiary/aromatic N) is 7. The molecule has 0 atom stereocenters. The highest BCUT2D eigenvalue weighted by molar-refractivity contribution is 5.61. The summed E-state index contributed by atoms with van der Waals surface area (Å²) in [5, 5.41) is 12.4. The molecular formula is C18H17N7O. The van der Waals surface area contributed by atoms with Gasteiger partial charge >= 0.3 is 0 Å².